The second-order valence-electron chi connectivity index (χ2n) is 17.3. The Kier molecular flexibility index (Phi) is 48.1. The standard InChI is InChI=1S/C13H15N.C13H14.C11H11N.3C10H8.6C2H6.2CH3Br/c1-10-12-7-5-4-6-11(12)8-9-13(10)14(2)3;1-3-11-8-9-12-6-4-5-7-13(12)10(11)2;1-8-10-5-3-2-4-9(10)6-7-11(8)12;3*1-2-6-10-8-4-3-7-9(10)5-1;8*1-2/h4-9H,1-3H3;4-9H,3H2,1-2H3;2-7H,12H2,1H3;3*1-8H;6*1-2H3;2*1H3. The predicted octanol–water partition coefficient (Wildman–Crippen LogP) is 26.4. The molecule has 0 aromatic heterocycles. The van der Waals surface area contributed by atoms with Crippen LogP contribution in [0.3, 0.4) is 0 Å². The van der Waals surface area contributed by atoms with Crippen LogP contribution >= 0.6 is 31.9 Å². The second-order valence-corrected chi connectivity index (χ2v) is 17.3. The minimum atomic E-state index is 0.869. The molecule has 0 bridgehead atoms. The molecule has 454 valence electrons. The van der Waals surface area contributed by atoms with E-state index in [9.17, 15) is 0 Å². The van der Waals surface area contributed by atoms with Crippen molar-refractivity contribution in [1.82, 2.24) is 0 Å². The summed E-state index contributed by atoms with van der Waals surface area (Å²) in [4.78, 5) is 2.15. The first kappa shape index (κ1) is 79.8. The van der Waals surface area contributed by atoms with Gasteiger partial charge in [-0.25, -0.2) is 0 Å². The Labute approximate surface area is 534 Å². The van der Waals surface area contributed by atoms with Crippen LogP contribution in [-0.4, -0.2) is 25.8 Å². The van der Waals surface area contributed by atoms with E-state index in [4.69, 9.17) is 5.73 Å². The minimum Gasteiger partial charge on any atom is -0.398 e. The molecule has 2 nitrogen and oxygen atoms in total. The van der Waals surface area contributed by atoms with Crippen molar-refractivity contribution in [2.75, 3.05) is 36.4 Å². The lowest BCUT2D eigenvalue weighted by Crippen LogP contribution is -2.10. The molecular formula is C81H106Br2N2. The Morgan fingerprint density at radius 2 is 0.482 bits per heavy atom. The summed E-state index contributed by atoms with van der Waals surface area (Å²) in [5.41, 5.74) is 13.4. The van der Waals surface area contributed by atoms with E-state index in [0.29, 0.717) is 0 Å². The number of rotatable bonds is 2. The van der Waals surface area contributed by atoms with Gasteiger partial charge in [-0.05, 0) is 138 Å². The number of hydrogen-bond acceptors (Lipinski definition) is 2. The van der Waals surface area contributed by atoms with E-state index >= 15 is 0 Å². The zero-order valence-corrected chi connectivity index (χ0v) is 58.9. The number of alkyl halides is 2. The summed E-state index contributed by atoms with van der Waals surface area (Å²) < 4.78 is 0. The molecule has 0 aliphatic carbocycles. The molecule has 0 amide bonds. The lowest BCUT2D eigenvalue weighted by Gasteiger charge is -2.17. The van der Waals surface area contributed by atoms with Crippen molar-refractivity contribution in [1.29, 1.82) is 0 Å². The van der Waals surface area contributed by atoms with Gasteiger partial charge in [0.25, 0.3) is 0 Å². The fourth-order valence-electron chi connectivity index (χ4n) is 8.60. The van der Waals surface area contributed by atoms with Crippen LogP contribution in [0, 0.1) is 20.8 Å². The number of nitrogen functional groups attached to an aromatic ring is 1. The maximum atomic E-state index is 5.79. The van der Waals surface area contributed by atoms with Gasteiger partial charge >= 0.3 is 0 Å². The van der Waals surface area contributed by atoms with Crippen molar-refractivity contribution in [3.05, 3.63) is 277 Å². The third-order valence-electron chi connectivity index (χ3n) is 12.6. The van der Waals surface area contributed by atoms with E-state index in [2.05, 4.69) is 315 Å². The highest BCUT2D eigenvalue weighted by molar-refractivity contribution is 9.09. The van der Waals surface area contributed by atoms with Crippen LogP contribution in [0.4, 0.5) is 11.4 Å². The molecule has 0 heterocycles. The monoisotopic (exact) mass is 1260 g/mol. The van der Waals surface area contributed by atoms with Crippen molar-refractivity contribution in [3.8, 4) is 0 Å². The summed E-state index contributed by atoms with van der Waals surface area (Å²) in [6.45, 7) is 32.6. The van der Waals surface area contributed by atoms with E-state index in [1.54, 1.807) is 0 Å². The molecule has 0 aliphatic heterocycles. The molecular weight excluding hydrogens is 1160 g/mol. The summed E-state index contributed by atoms with van der Waals surface area (Å²) in [5.74, 6) is 3.62. The van der Waals surface area contributed by atoms with Gasteiger partial charge in [-0.15, -0.1) is 0 Å². The predicted molar refractivity (Wildman–Crippen MR) is 404 cm³/mol. The zero-order valence-electron chi connectivity index (χ0n) is 55.7. The van der Waals surface area contributed by atoms with Gasteiger partial charge in [0.15, 0.2) is 0 Å². The zero-order chi connectivity index (χ0) is 64.4. The van der Waals surface area contributed by atoms with Crippen LogP contribution < -0.4 is 10.6 Å². The molecule has 85 heavy (non-hydrogen) atoms. The Morgan fingerprint density at radius 1 is 0.271 bits per heavy atom. The number of fused-ring (bicyclic) bond motifs is 6. The molecule has 0 saturated heterocycles. The number of benzene rings is 12. The average Bonchev–Trinajstić information content (AvgIpc) is 3.61. The molecule has 0 unspecified atom stereocenters. The molecule has 2 N–H and O–H groups in total. The fraction of sp³-hybridized carbons (Fsp3) is 0.259. The molecule has 0 aliphatic rings. The summed E-state index contributed by atoms with van der Waals surface area (Å²) in [6.07, 6.45) is 1.12. The topological polar surface area (TPSA) is 29.3 Å². The van der Waals surface area contributed by atoms with Gasteiger partial charge in [0.1, 0.15) is 0 Å². The third-order valence-corrected chi connectivity index (χ3v) is 12.6. The lowest BCUT2D eigenvalue weighted by atomic mass is 9.99. The molecule has 0 atom stereocenters. The van der Waals surface area contributed by atoms with Gasteiger partial charge in [0.05, 0.1) is 0 Å². The number of nitrogens with zero attached hydrogens (tertiary/aromatic N) is 1. The molecule has 0 radical (unpaired) electrons. The van der Waals surface area contributed by atoms with Gasteiger partial charge in [-0.1, -0.05) is 365 Å². The first-order valence-electron chi connectivity index (χ1n) is 30.7. The van der Waals surface area contributed by atoms with Crippen molar-refractivity contribution >= 4 is 108 Å². The van der Waals surface area contributed by atoms with Gasteiger partial charge in [0.2, 0.25) is 0 Å². The largest absolute Gasteiger partial charge is 0.398 e. The van der Waals surface area contributed by atoms with Crippen molar-refractivity contribution in [2.45, 2.75) is 117 Å². The quantitative estimate of drug-likeness (QED) is 0.138. The Morgan fingerprint density at radius 3 is 0.741 bits per heavy atom. The number of aryl methyl sites for hydroxylation is 4. The van der Waals surface area contributed by atoms with Crippen LogP contribution in [0.25, 0.3) is 64.6 Å². The van der Waals surface area contributed by atoms with Crippen LogP contribution in [0.5, 0.6) is 0 Å². The maximum Gasteiger partial charge on any atom is 0.0397 e. The Balaban J connectivity index is 0. The van der Waals surface area contributed by atoms with E-state index in [-0.39, 0.29) is 0 Å². The van der Waals surface area contributed by atoms with Crippen molar-refractivity contribution < 1.29 is 0 Å². The van der Waals surface area contributed by atoms with Crippen LogP contribution in [-0.2, 0) is 6.42 Å². The lowest BCUT2D eigenvalue weighted by molar-refractivity contribution is 1.12. The second kappa shape index (κ2) is 51.2. The van der Waals surface area contributed by atoms with E-state index in [1.165, 1.54) is 92.6 Å². The molecule has 4 heteroatoms. The number of anilines is 2. The number of halogens is 2. The van der Waals surface area contributed by atoms with Gasteiger partial charge in [0, 0.05) is 25.5 Å². The van der Waals surface area contributed by atoms with E-state index in [0.717, 1.165) is 12.1 Å². The number of nitrogens with two attached hydrogens (primary N) is 1. The molecule has 0 fully saturated rings. The molecule has 12 rings (SSSR count). The molecule has 0 saturated carbocycles. The SMILES string of the molecule is CBr.CBr.CC.CC.CC.CC.CC.CC.CCc1ccc2ccccc2c1C.Cc1c(N(C)C)ccc2ccccc12.Cc1c(N)ccc2ccccc12.c1ccc2ccccc2c1.c1ccc2ccccc2c1.c1ccc2ccccc2c1. The van der Waals surface area contributed by atoms with Gasteiger partial charge < -0.3 is 10.6 Å². The normalized spacial score (nSPS) is 8.92. The van der Waals surface area contributed by atoms with E-state index in [1.807, 2.05) is 113 Å². The summed E-state index contributed by atoms with van der Waals surface area (Å²) in [5, 5.41) is 15.8. The highest BCUT2D eigenvalue weighted by Crippen LogP contribution is 2.27. The number of hydrogen-bond donors (Lipinski definition) is 1. The van der Waals surface area contributed by atoms with Crippen LogP contribution in [0.1, 0.15) is 112 Å². The summed E-state index contributed by atoms with van der Waals surface area (Å²) in [6, 6.07) is 88.3. The highest BCUT2D eigenvalue weighted by atomic mass is 79.9. The van der Waals surface area contributed by atoms with Crippen molar-refractivity contribution in [2.24, 2.45) is 0 Å². The average molecular weight is 1270 g/mol. The Hall–Kier alpha value is -7.24. The van der Waals surface area contributed by atoms with Crippen LogP contribution in [0.2, 0.25) is 0 Å². The molecule has 0 spiro atoms. The minimum absolute atomic E-state index is 0.869. The van der Waals surface area contributed by atoms with Gasteiger partial charge in [-0.3, -0.25) is 0 Å². The van der Waals surface area contributed by atoms with Crippen molar-refractivity contribution in [3.63, 3.8) is 0 Å². The summed E-state index contributed by atoms with van der Waals surface area (Å²) >= 11 is 5.88. The summed E-state index contributed by atoms with van der Waals surface area (Å²) in [7, 11) is 4.16. The van der Waals surface area contributed by atoms with E-state index < -0.39 is 0 Å². The molecule has 12 aromatic rings. The first-order valence-corrected chi connectivity index (χ1v) is 33.8. The first-order chi connectivity index (χ1) is 41.7. The Bertz CT molecular complexity index is 3180. The smallest absolute Gasteiger partial charge is 0.0397 e. The van der Waals surface area contributed by atoms with Gasteiger partial charge in [-0.2, -0.15) is 0 Å². The third kappa shape index (κ3) is 27.6. The fourth-order valence-corrected chi connectivity index (χ4v) is 8.60. The van der Waals surface area contributed by atoms with Crippen LogP contribution in [0.15, 0.2) is 255 Å². The maximum absolute atomic E-state index is 5.79. The highest BCUT2D eigenvalue weighted by Gasteiger charge is 2.04. The molecule has 12 aromatic carbocycles.